The van der Waals surface area contributed by atoms with E-state index in [1.165, 1.54) is 6.20 Å². The van der Waals surface area contributed by atoms with Crippen LogP contribution in [0.4, 0.5) is 24.7 Å². The average molecular weight is 293 g/mol. The van der Waals surface area contributed by atoms with Crippen LogP contribution in [0, 0.1) is 0 Å². The molecule has 110 valence electrons. The maximum Gasteiger partial charge on any atom is 0.416 e. The Hall–Kier alpha value is -2.24. The molecule has 2 heterocycles. The molecule has 1 aliphatic heterocycles. The lowest BCUT2D eigenvalue weighted by Gasteiger charge is -2.30. The molecule has 0 unspecified atom stereocenters. The van der Waals surface area contributed by atoms with Gasteiger partial charge in [0.1, 0.15) is 5.82 Å². The monoisotopic (exact) mass is 293 g/mol. The van der Waals surface area contributed by atoms with Crippen LogP contribution in [0.25, 0.3) is 0 Å². The highest BCUT2D eigenvalue weighted by Gasteiger charge is 2.31. The number of halogens is 3. The number of rotatable bonds is 1. The van der Waals surface area contributed by atoms with Crippen molar-refractivity contribution in [3.8, 4) is 0 Å². The summed E-state index contributed by atoms with van der Waals surface area (Å²) in [5.41, 5.74) is 8.07. The minimum atomic E-state index is -4.36. The van der Waals surface area contributed by atoms with Crippen LogP contribution >= 0.6 is 0 Å². The van der Waals surface area contributed by atoms with Gasteiger partial charge in [0, 0.05) is 25.0 Å². The van der Waals surface area contributed by atoms with Gasteiger partial charge in [0.05, 0.1) is 5.56 Å². The Balaban J connectivity index is 1.91. The molecule has 1 aromatic carbocycles. The van der Waals surface area contributed by atoms with Crippen LogP contribution < -0.4 is 10.6 Å². The van der Waals surface area contributed by atoms with Crippen LogP contribution in [0.15, 0.2) is 36.5 Å². The molecule has 0 radical (unpaired) electrons. The number of nitrogens with zero attached hydrogens (tertiary/aromatic N) is 2. The van der Waals surface area contributed by atoms with Gasteiger partial charge < -0.3 is 10.6 Å². The topological polar surface area (TPSA) is 42.1 Å². The highest BCUT2D eigenvalue weighted by atomic mass is 19.4. The van der Waals surface area contributed by atoms with Gasteiger partial charge in [-0.1, -0.05) is 12.1 Å². The summed E-state index contributed by atoms with van der Waals surface area (Å²) >= 11 is 0. The van der Waals surface area contributed by atoms with Gasteiger partial charge in [-0.05, 0) is 35.7 Å². The fraction of sp³-hybridized carbons (Fsp3) is 0.267. The van der Waals surface area contributed by atoms with Crippen molar-refractivity contribution in [2.24, 2.45) is 0 Å². The molecule has 6 heteroatoms. The molecule has 0 spiro atoms. The molecular formula is C15H14F3N3. The summed E-state index contributed by atoms with van der Waals surface area (Å²) < 4.78 is 38.3. The third-order valence-corrected chi connectivity index (χ3v) is 3.71. The molecule has 3 rings (SSSR count). The first kappa shape index (κ1) is 13.7. The molecule has 0 amide bonds. The first-order valence-corrected chi connectivity index (χ1v) is 6.59. The SMILES string of the molecule is Nc1cccc2c1CN(c1cc(C(F)(F)F)ccn1)CC2. The largest absolute Gasteiger partial charge is 0.416 e. The van der Waals surface area contributed by atoms with Crippen molar-refractivity contribution in [2.75, 3.05) is 17.2 Å². The molecule has 1 aromatic heterocycles. The number of hydrogen-bond donors (Lipinski definition) is 1. The van der Waals surface area contributed by atoms with Gasteiger partial charge in [0.15, 0.2) is 0 Å². The lowest BCUT2D eigenvalue weighted by molar-refractivity contribution is -0.137. The molecule has 21 heavy (non-hydrogen) atoms. The van der Waals surface area contributed by atoms with E-state index in [2.05, 4.69) is 4.98 Å². The fourth-order valence-electron chi connectivity index (χ4n) is 2.57. The van der Waals surface area contributed by atoms with Crippen molar-refractivity contribution in [3.05, 3.63) is 53.2 Å². The van der Waals surface area contributed by atoms with Crippen LogP contribution in [-0.2, 0) is 19.1 Å². The van der Waals surface area contributed by atoms with Gasteiger partial charge in [-0.2, -0.15) is 13.2 Å². The van der Waals surface area contributed by atoms with Gasteiger partial charge in [0.2, 0.25) is 0 Å². The van der Waals surface area contributed by atoms with E-state index in [0.29, 0.717) is 24.6 Å². The first-order valence-electron chi connectivity index (χ1n) is 6.59. The normalized spacial score (nSPS) is 14.9. The Morgan fingerprint density at radius 3 is 2.76 bits per heavy atom. The molecule has 0 saturated carbocycles. The van der Waals surface area contributed by atoms with Crippen molar-refractivity contribution in [1.29, 1.82) is 0 Å². The maximum absolute atomic E-state index is 12.8. The molecular weight excluding hydrogens is 279 g/mol. The van der Waals surface area contributed by atoms with Crippen LogP contribution in [0.3, 0.4) is 0 Å². The van der Waals surface area contributed by atoms with Gasteiger partial charge in [-0.25, -0.2) is 4.98 Å². The van der Waals surface area contributed by atoms with Gasteiger partial charge in [-0.3, -0.25) is 0 Å². The standard InChI is InChI=1S/C15H14F3N3/c16-15(17,18)11-4-6-20-14(8-11)21-7-5-10-2-1-3-13(19)12(10)9-21/h1-4,6,8H,5,7,9,19H2. The Labute approximate surface area is 120 Å². The number of fused-ring (bicyclic) bond motifs is 1. The number of benzene rings is 1. The number of hydrogen-bond acceptors (Lipinski definition) is 3. The molecule has 0 bridgehead atoms. The number of alkyl halides is 3. The fourth-order valence-corrected chi connectivity index (χ4v) is 2.57. The van der Waals surface area contributed by atoms with Crippen LogP contribution in [0.1, 0.15) is 16.7 Å². The zero-order valence-electron chi connectivity index (χ0n) is 11.2. The molecule has 2 aromatic rings. The molecule has 3 nitrogen and oxygen atoms in total. The van der Waals surface area contributed by atoms with Crippen molar-refractivity contribution in [2.45, 2.75) is 19.1 Å². The predicted molar refractivity (Wildman–Crippen MR) is 74.8 cm³/mol. The van der Waals surface area contributed by atoms with E-state index < -0.39 is 11.7 Å². The Bertz CT molecular complexity index is 667. The minimum Gasteiger partial charge on any atom is -0.398 e. The third-order valence-electron chi connectivity index (χ3n) is 3.71. The van der Waals surface area contributed by atoms with Gasteiger partial charge >= 0.3 is 6.18 Å². The van der Waals surface area contributed by atoms with Gasteiger partial charge in [-0.15, -0.1) is 0 Å². The Morgan fingerprint density at radius 1 is 1.19 bits per heavy atom. The van der Waals surface area contributed by atoms with E-state index in [9.17, 15) is 13.2 Å². The molecule has 0 aliphatic carbocycles. The lowest BCUT2D eigenvalue weighted by atomic mass is 9.98. The highest BCUT2D eigenvalue weighted by molar-refractivity contribution is 5.56. The smallest absolute Gasteiger partial charge is 0.398 e. The zero-order valence-corrected chi connectivity index (χ0v) is 11.2. The van der Waals surface area contributed by atoms with Crippen molar-refractivity contribution in [3.63, 3.8) is 0 Å². The van der Waals surface area contributed by atoms with Crippen LogP contribution in [0.5, 0.6) is 0 Å². The van der Waals surface area contributed by atoms with Gasteiger partial charge in [0.25, 0.3) is 0 Å². The number of anilines is 2. The van der Waals surface area contributed by atoms with Crippen molar-refractivity contribution >= 4 is 11.5 Å². The van der Waals surface area contributed by atoms with E-state index in [0.717, 1.165) is 29.7 Å². The average Bonchev–Trinajstić information content (AvgIpc) is 2.47. The Morgan fingerprint density at radius 2 is 2.00 bits per heavy atom. The quantitative estimate of drug-likeness (QED) is 0.821. The van der Waals surface area contributed by atoms with E-state index in [-0.39, 0.29) is 0 Å². The molecule has 0 fully saturated rings. The van der Waals surface area contributed by atoms with Crippen molar-refractivity contribution < 1.29 is 13.2 Å². The molecule has 0 saturated heterocycles. The van der Waals surface area contributed by atoms with Crippen LogP contribution in [0.2, 0.25) is 0 Å². The molecule has 1 aliphatic rings. The van der Waals surface area contributed by atoms with E-state index >= 15 is 0 Å². The zero-order chi connectivity index (χ0) is 15.0. The lowest BCUT2D eigenvalue weighted by Crippen LogP contribution is -2.31. The van der Waals surface area contributed by atoms with Crippen molar-refractivity contribution in [1.82, 2.24) is 4.98 Å². The number of pyridine rings is 1. The summed E-state index contributed by atoms with van der Waals surface area (Å²) in [5.74, 6) is 0.332. The molecule has 0 atom stereocenters. The highest BCUT2D eigenvalue weighted by Crippen LogP contribution is 2.32. The van der Waals surface area contributed by atoms with E-state index in [1.54, 1.807) is 0 Å². The van der Waals surface area contributed by atoms with E-state index in [4.69, 9.17) is 5.73 Å². The predicted octanol–water partition coefficient (Wildman–Crippen LogP) is 3.25. The summed E-state index contributed by atoms with van der Waals surface area (Å²) in [5, 5.41) is 0. The number of nitrogens with two attached hydrogens (primary N) is 1. The summed E-state index contributed by atoms with van der Waals surface area (Å²) in [6.45, 7) is 1.11. The second kappa shape index (κ2) is 4.95. The number of aromatic nitrogens is 1. The van der Waals surface area contributed by atoms with Crippen LogP contribution in [-0.4, -0.2) is 11.5 Å². The molecule has 2 N–H and O–H groups in total. The second-order valence-corrected chi connectivity index (χ2v) is 5.06. The first-order chi connectivity index (χ1) is 9.95. The Kier molecular flexibility index (Phi) is 3.23. The maximum atomic E-state index is 12.8. The summed E-state index contributed by atoms with van der Waals surface area (Å²) in [6, 6.07) is 7.77. The minimum absolute atomic E-state index is 0.332. The summed E-state index contributed by atoms with van der Waals surface area (Å²) in [7, 11) is 0. The van der Waals surface area contributed by atoms with E-state index in [1.807, 2.05) is 23.1 Å². The second-order valence-electron chi connectivity index (χ2n) is 5.06. The third kappa shape index (κ3) is 2.66. The summed E-state index contributed by atoms with van der Waals surface area (Å²) in [6.07, 6.45) is -2.41. The summed E-state index contributed by atoms with van der Waals surface area (Å²) in [4.78, 5) is 5.89. The number of nitrogen functional groups attached to an aromatic ring is 1.